The number of aliphatic imine (C=N–C) groups is 1. The van der Waals surface area contributed by atoms with E-state index in [4.69, 9.17) is 0 Å². The number of carbonyl (C=O) groups excluding carboxylic acids is 1. The smallest absolute Gasteiger partial charge is 0.288 e. The third-order valence-electron chi connectivity index (χ3n) is 4.23. The number of nitrogens with one attached hydrogen (secondary N) is 1. The summed E-state index contributed by atoms with van der Waals surface area (Å²) in [4.78, 5) is 17.4. The largest absolute Gasteiger partial charge is 0.325 e. The van der Waals surface area contributed by atoms with Gasteiger partial charge in [0.25, 0.3) is 5.76 Å². The molecule has 1 unspecified atom stereocenters. The Morgan fingerprint density at radius 1 is 1.21 bits per heavy atom. The average molecular weight is 418 g/mol. The number of amides is 1. The maximum atomic E-state index is 12.4. The second-order valence-corrected chi connectivity index (χ2v) is 8.09. The highest BCUT2D eigenvalue weighted by molar-refractivity contribution is 8.14. The molecular formula is C19H16F2N4OS2. The normalized spacial score (nSPS) is 17.3. The molecule has 144 valence electrons. The lowest BCUT2D eigenvalue weighted by molar-refractivity contribution is -0.113. The van der Waals surface area contributed by atoms with Crippen LogP contribution < -0.4 is 5.32 Å². The Labute approximate surface area is 169 Å². The van der Waals surface area contributed by atoms with Crippen LogP contribution in [0.4, 0.5) is 20.2 Å². The molecule has 1 atom stereocenters. The van der Waals surface area contributed by atoms with Crippen molar-refractivity contribution in [3.05, 3.63) is 54.1 Å². The molecule has 0 fully saturated rings. The number of nitrogens with zero attached hydrogens (tertiary/aromatic N) is 3. The van der Waals surface area contributed by atoms with Crippen LogP contribution in [-0.4, -0.2) is 33.8 Å². The van der Waals surface area contributed by atoms with Crippen molar-refractivity contribution in [2.75, 3.05) is 11.1 Å². The molecule has 2 aromatic carbocycles. The van der Waals surface area contributed by atoms with Crippen LogP contribution in [-0.2, 0) is 4.79 Å². The van der Waals surface area contributed by atoms with Crippen molar-refractivity contribution in [3.8, 4) is 0 Å². The molecule has 0 bridgehead atoms. The van der Waals surface area contributed by atoms with Crippen molar-refractivity contribution < 1.29 is 13.6 Å². The zero-order chi connectivity index (χ0) is 19.5. The van der Waals surface area contributed by atoms with Crippen LogP contribution in [0.25, 0.3) is 0 Å². The van der Waals surface area contributed by atoms with Gasteiger partial charge in [0.15, 0.2) is 5.17 Å². The number of hydrogen-bond donors (Lipinski definition) is 1. The van der Waals surface area contributed by atoms with E-state index < -0.39 is 5.76 Å². The first kappa shape index (κ1) is 18.9. The van der Waals surface area contributed by atoms with E-state index in [1.165, 1.54) is 11.8 Å². The van der Waals surface area contributed by atoms with Gasteiger partial charge in [-0.05, 0) is 30.3 Å². The molecule has 0 saturated carbocycles. The van der Waals surface area contributed by atoms with Crippen molar-refractivity contribution in [2.24, 2.45) is 10.1 Å². The molecular weight excluding hydrogens is 402 g/mol. The van der Waals surface area contributed by atoms with E-state index in [-0.39, 0.29) is 17.7 Å². The molecule has 0 aromatic heterocycles. The summed E-state index contributed by atoms with van der Waals surface area (Å²) in [7, 11) is 0. The Morgan fingerprint density at radius 2 is 2.00 bits per heavy atom. The van der Waals surface area contributed by atoms with E-state index in [1.54, 1.807) is 24.3 Å². The highest BCUT2D eigenvalue weighted by atomic mass is 32.2. The fourth-order valence-electron chi connectivity index (χ4n) is 3.03. The number of halogens is 2. The van der Waals surface area contributed by atoms with E-state index in [0.717, 1.165) is 17.7 Å². The van der Waals surface area contributed by atoms with Crippen LogP contribution in [0.3, 0.4) is 0 Å². The van der Waals surface area contributed by atoms with Gasteiger partial charge in [0.2, 0.25) is 5.91 Å². The zero-order valence-electron chi connectivity index (χ0n) is 14.6. The highest BCUT2D eigenvalue weighted by Gasteiger charge is 2.32. The van der Waals surface area contributed by atoms with Crippen molar-refractivity contribution in [2.45, 2.75) is 23.1 Å². The number of carbonyl (C=O) groups is 1. The standard InChI is InChI=1S/C19H16F2N4OS2/c20-18(21)28-13-7-5-12(6-8-13)23-17(26)11-27-19-24-15-4-2-1-3-14(15)16-9-10-22-25(16)19/h1-8,10,16,18H,9,11H2,(H,23,26). The third-order valence-corrected chi connectivity index (χ3v) is 5.90. The number of thioether (sulfide) groups is 2. The summed E-state index contributed by atoms with van der Waals surface area (Å²) in [6, 6.07) is 14.4. The molecule has 2 aromatic rings. The molecule has 2 aliphatic heterocycles. The molecule has 2 aliphatic rings. The van der Waals surface area contributed by atoms with Crippen LogP contribution in [0.15, 0.2) is 63.5 Å². The number of para-hydroxylation sites is 1. The number of amidine groups is 1. The van der Waals surface area contributed by atoms with Gasteiger partial charge >= 0.3 is 0 Å². The van der Waals surface area contributed by atoms with Gasteiger partial charge in [-0.1, -0.05) is 41.7 Å². The Morgan fingerprint density at radius 3 is 2.79 bits per heavy atom. The zero-order valence-corrected chi connectivity index (χ0v) is 16.2. The Kier molecular flexibility index (Phi) is 5.63. The van der Waals surface area contributed by atoms with Crippen molar-refractivity contribution in [3.63, 3.8) is 0 Å². The van der Waals surface area contributed by atoms with E-state index in [0.29, 0.717) is 27.5 Å². The second-order valence-electron chi connectivity index (χ2n) is 6.09. The molecule has 2 heterocycles. The van der Waals surface area contributed by atoms with Crippen LogP contribution in [0.2, 0.25) is 0 Å². The highest BCUT2D eigenvalue weighted by Crippen LogP contribution is 2.40. The number of hydrogen-bond acceptors (Lipinski definition) is 6. The molecule has 1 amide bonds. The summed E-state index contributed by atoms with van der Waals surface area (Å²) in [5, 5.41) is 9.72. The second kappa shape index (κ2) is 8.32. The van der Waals surface area contributed by atoms with Crippen molar-refractivity contribution in [1.82, 2.24) is 5.01 Å². The summed E-state index contributed by atoms with van der Waals surface area (Å²) in [5.74, 6) is -2.48. The van der Waals surface area contributed by atoms with Gasteiger partial charge in [-0.3, -0.25) is 4.79 Å². The monoisotopic (exact) mass is 418 g/mol. The first-order valence-corrected chi connectivity index (χ1v) is 10.4. The van der Waals surface area contributed by atoms with Gasteiger partial charge in [0.05, 0.1) is 17.5 Å². The Bertz CT molecular complexity index is 934. The third kappa shape index (κ3) is 4.20. The van der Waals surface area contributed by atoms with Crippen LogP contribution >= 0.6 is 23.5 Å². The Hall–Kier alpha value is -2.39. The van der Waals surface area contributed by atoms with Crippen molar-refractivity contribution in [1.29, 1.82) is 0 Å². The van der Waals surface area contributed by atoms with Gasteiger partial charge in [0.1, 0.15) is 0 Å². The lowest BCUT2D eigenvalue weighted by atomic mass is 10.0. The lowest BCUT2D eigenvalue weighted by Crippen LogP contribution is -2.29. The minimum atomic E-state index is -2.46. The number of rotatable bonds is 5. The van der Waals surface area contributed by atoms with Gasteiger partial charge < -0.3 is 5.32 Å². The number of benzene rings is 2. The van der Waals surface area contributed by atoms with E-state index in [1.807, 2.05) is 29.4 Å². The topological polar surface area (TPSA) is 57.1 Å². The number of alkyl halides is 2. The SMILES string of the molecule is O=C(CSC1=Nc2ccccc2C2CC=NN12)Nc1ccc(SC(F)F)cc1. The fraction of sp³-hybridized carbons (Fsp3) is 0.211. The van der Waals surface area contributed by atoms with E-state index in [9.17, 15) is 13.6 Å². The summed E-state index contributed by atoms with van der Waals surface area (Å²) >= 11 is 1.80. The summed E-state index contributed by atoms with van der Waals surface area (Å²) in [5.41, 5.74) is 2.61. The van der Waals surface area contributed by atoms with Crippen LogP contribution in [0, 0.1) is 0 Å². The lowest BCUT2D eigenvalue weighted by Gasteiger charge is -2.29. The maximum absolute atomic E-state index is 12.4. The molecule has 28 heavy (non-hydrogen) atoms. The van der Waals surface area contributed by atoms with Gasteiger partial charge in [-0.15, -0.1) is 0 Å². The average Bonchev–Trinajstić information content (AvgIpc) is 3.18. The Balaban J connectivity index is 1.38. The van der Waals surface area contributed by atoms with Crippen LogP contribution in [0.1, 0.15) is 18.0 Å². The predicted molar refractivity (Wildman–Crippen MR) is 111 cm³/mol. The molecule has 0 spiro atoms. The predicted octanol–water partition coefficient (Wildman–Crippen LogP) is 5.11. The summed E-state index contributed by atoms with van der Waals surface area (Å²) in [6.07, 6.45) is 2.67. The molecule has 1 N–H and O–H groups in total. The minimum absolute atomic E-state index is 0.124. The number of hydrazone groups is 1. The first-order chi connectivity index (χ1) is 13.6. The molecule has 0 aliphatic carbocycles. The first-order valence-electron chi connectivity index (χ1n) is 8.57. The molecule has 0 radical (unpaired) electrons. The summed E-state index contributed by atoms with van der Waals surface area (Å²) in [6.45, 7) is 0. The van der Waals surface area contributed by atoms with Crippen molar-refractivity contribution >= 4 is 52.2 Å². The maximum Gasteiger partial charge on any atom is 0.288 e. The van der Waals surface area contributed by atoms with Gasteiger partial charge in [-0.25, -0.2) is 10.0 Å². The fourth-order valence-corrected chi connectivity index (χ4v) is 4.33. The summed E-state index contributed by atoms with van der Waals surface area (Å²) < 4.78 is 24.7. The van der Waals surface area contributed by atoms with E-state index >= 15 is 0 Å². The molecule has 5 nitrogen and oxygen atoms in total. The number of anilines is 1. The minimum Gasteiger partial charge on any atom is -0.325 e. The van der Waals surface area contributed by atoms with Crippen LogP contribution in [0.5, 0.6) is 0 Å². The molecule has 0 saturated heterocycles. The van der Waals surface area contributed by atoms with Gasteiger partial charge in [0, 0.05) is 28.8 Å². The quantitative estimate of drug-likeness (QED) is 0.686. The number of fused-ring (bicyclic) bond motifs is 3. The van der Waals surface area contributed by atoms with E-state index in [2.05, 4.69) is 21.5 Å². The molecule has 9 heteroatoms. The molecule has 4 rings (SSSR count). The van der Waals surface area contributed by atoms with Gasteiger partial charge in [-0.2, -0.15) is 13.9 Å².